The average Bonchev–Trinajstić information content (AvgIpc) is 2.30. The van der Waals surface area contributed by atoms with Crippen LogP contribution in [0.5, 0.6) is 5.75 Å². The number of ether oxygens (including phenoxy) is 2. The number of rotatable bonds is 7. The molecule has 0 amide bonds. The lowest BCUT2D eigenvalue weighted by molar-refractivity contribution is 0.0996. The molecule has 1 aromatic rings. The number of aryl methyl sites for hydroxylation is 1. The first-order valence-corrected chi connectivity index (χ1v) is 5.69. The lowest BCUT2D eigenvalue weighted by Gasteiger charge is -2.10. The first kappa shape index (κ1) is 13.0. The smallest absolute Gasteiger partial charge is 0.124 e. The molecule has 0 fully saturated rings. The van der Waals surface area contributed by atoms with E-state index in [2.05, 4.69) is 6.92 Å². The molecule has 0 radical (unpaired) electrons. The number of hydrogen-bond acceptors (Lipinski definition) is 3. The van der Waals surface area contributed by atoms with Crippen LogP contribution in [-0.2, 0) is 11.3 Å². The van der Waals surface area contributed by atoms with Crippen LogP contribution in [0.25, 0.3) is 0 Å². The second-order valence-electron chi connectivity index (χ2n) is 3.73. The molecule has 90 valence electrons. The highest BCUT2D eigenvalue weighted by Gasteiger charge is 2.02. The molecule has 0 heterocycles. The first-order chi connectivity index (χ1) is 7.77. The lowest BCUT2D eigenvalue weighted by Crippen LogP contribution is -2.08. The molecule has 0 aliphatic heterocycles. The van der Waals surface area contributed by atoms with Crippen LogP contribution in [0.15, 0.2) is 18.2 Å². The van der Waals surface area contributed by atoms with Gasteiger partial charge >= 0.3 is 0 Å². The van der Waals surface area contributed by atoms with Crippen molar-refractivity contribution in [1.82, 2.24) is 0 Å². The van der Waals surface area contributed by atoms with Gasteiger partial charge in [0.15, 0.2) is 0 Å². The van der Waals surface area contributed by atoms with Crippen molar-refractivity contribution >= 4 is 0 Å². The van der Waals surface area contributed by atoms with Gasteiger partial charge in [-0.1, -0.05) is 24.6 Å². The van der Waals surface area contributed by atoms with Crippen molar-refractivity contribution in [2.75, 3.05) is 19.8 Å². The van der Waals surface area contributed by atoms with Gasteiger partial charge in [-0.05, 0) is 19.4 Å². The molecule has 1 rings (SSSR count). The summed E-state index contributed by atoms with van der Waals surface area (Å²) in [7, 11) is 0. The Labute approximate surface area is 97.0 Å². The summed E-state index contributed by atoms with van der Waals surface area (Å²) in [5, 5.41) is 9.17. The van der Waals surface area contributed by atoms with E-state index in [0.717, 1.165) is 29.9 Å². The third-order valence-electron chi connectivity index (χ3n) is 2.22. The maximum atomic E-state index is 9.17. The normalized spacial score (nSPS) is 10.4. The van der Waals surface area contributed by atoms with Crippen molar-refractivity contribution in [3.63, 3.8) is 0 Å². The molecule has 0 aromatic heterocycles. The Bertz CT molecular complexity index is 310. The molecule has 0 spiro atoms. The van der Waals surface area contributed by atoms with Gasteiger partial charge in [-0.2, -0.15) is 0 Å². The molecule has 0 aliphatic rings. The van der Waals surface area contributed by atoms with Gasteiger partial charge in [0.05, 0.1) is 13.2 Å². The molecular formula is C13H20O3. The summed E-state index contributed by atoms with van der Waals surface area (Å²) in [6, 6.07) is 5.80. The molecule has 16 heavy (non-hydrogen) atoms. The fourth-order valence-electron chi connectivity index (χ4n) is 1.43. The standard InChI is InChI=1S/C13H20O3/c1-3-6-15-7-8-16-13-5-4-11(2)9-12(13)10-14/h4-5,9,14H,3,6-8,10H2,1-2H3. The summed E-state index contributed by atoms with van der Waals surface area (Å²) >= 11 is 0. The predicted octanol–water partition coefficient (Wildman–Crippen LogP) is 2.29. The van der Waals surface area contributed by atoms with Gasteiger partial charge in [-0.25, -0.2) is 0 Å². The fourth-order valence-corrected chi connectivity index (χ4v) is 1.43. The summed E-state index contributed by atoms with van der Waals surface area (Å²) < 4.78 is 10.9. The molecule has 0 aliphatic carbocycles. The Kier molecular flexibility index (Phi) is 5.90. The second kappa shape index (κ2) is 7.25. The Hall–Kier alpha value is -1.06. The van der Waals surface area contributed by atoms with Crippen LogP contribution in [0, 0.1) is 6.92 Å². The summed E-state index contributed by atoms with van der Waals surface area (Å²) in [6.45, 7) is 5.96. The van der Waals surface area contributed by atoms with Crippen molar-refractivity contribution < 1.29 is 14.6 Å². The molecule has 3 nitrogen and oxygen atoms in total. The number of hydrogen-bond donors (Lipinski definition) is 1. The van der Waals surface area contributed by atoms with E-state index in [-0.39, 0.29) is 6.61 Å². The largest absolute Gasteiger partial charge is 0.491 e. The third kappa shape index (κ3) is 4.21. The highest BCUT2D eigenvalue weighted by atomic mass is 16.5. The number of aliphatic hydroxyl groups is 1. The first-order valence-electron chi connectivity index (χ1n) is 5.69. The zero-order valence-corrected chi connectivity index (χ0v) is 10.0. The van der Waals surface area contributed by atoms with E-state index in [1.165, 1.54) is 0 Å². The molecule has 1 N–H and O–H groups in total. The molecule has 0 unspecified atom stereocenters. The average molecular weight is 224 g/mol. The zero-order valence-electron chi connectivity index (χ0n) is 10.0. The molecule has 3 heteroatoms. The topological polar surface area (TPSA) is 38.7 Å². The molecule has 0 bridgehead atoms. The summed E-state index contributed by atoms with van der Waals surface area (Å²) in [5.74, 6) is 0.744. The lowest BCUT2D eigenvalue weighted by atomic mass is 10.1. The van der Waals surface area contributed by atoms with Gasteiger partial charge < -0.3 is 14.6 Å². The maximum absolute atomic E-state index is 9.17. The van der Waals surface area contributed by atoms with Gasteiger partial charge in [0.1, 0.15) is 12.4 Å². The maximum Gasteiger partial charge on any atom is 0.124 e. The van der Waals surface area contributed by atoms with Gasteiger partial charge in [0.2, 0.25) is 0 Å². The van der Waals surface area contributed by atoms with Crippen molar-refractivity contribution in [2.45, 2.75) is 26.9 Å². The van der Waals surface area contributed by atoms with Gasteiger partial charge in [0.25, 0.3) is 0 Å². The van der Waals surface area contributed by atoms with Crippen LogP contribution < -0.4 is 4.74 Å². The summed E-state index contributed by atoms with van der Waals surface area (Å²) in [4.78, 5) is 0. The summed E-state index contributed by atoms with van der Waals surface area (Å²) in [6.07, 6.45) is 1.02. The molecule has 0 saturated heterocycles. The van der Waals surface area contributed by atoms with Crippen molar-refractivity contribution in [3.05, 3.63) is 29.3 Å². The Morgan fingerprint density at radius 3 is 2.69 bits per heavy atom. The van der Waals surface area contributed by atoms with Crippen LogP contribution in [-0.4, -0.2) is 24.9 Å². The highest BCUT2D eigenvalue weighted by molar-refractivity contribution is 5.36. The Balaban J connectivity index is 2.41. The molecular weight excluding hydrogens is 204 g/mol. The predicted molar refractivity (Wildman–Crippen MR) is 63.7 cm³/mol. The van der Waals surface area contributed by atoms with Gasteiger partial charge in [0, 0.05) is 12.2 Å². The highest BCUT2D eigenvalue weighted by Crippen LogP contribution is 2.19. The number of aliphatic hydroxyl groups excluding tert-OH is 1. The molecule has 0 saturated carbocycles. The van der Waals surface area contributed by atoms with Crippen LogP contribution in [0.4, 0.5) is 0 Å². The van der Waals surface area contributed by atoms with E-state index < -0.39 is 0 Å². The minimum absolute atomic E-state index is 0.00678. The zero-order chi connectivity index (χ0) is 11.8. The SMILES string of the molecule is CCCOCCOc1ccc(C)cc1CO. The van der Waals surface area contributed by atoms with Crippen LogP contribution in [0.1, 0.15) is 24.5 Å². The third-order valence-corrected chi connectivity index (χ3v) is 2.22. The van der Waals surface area contributed by atoms with Crippen LogP contribution in [0.3, 0.4) is 0 Å². The van der Waals surface area contributed by atoms with E-state index >= 15 is 0 Å². The number of benzene rings is 1. The quantitative estimate of drug-likeness (QED) is 0.722. The van der Waals surface area contributed by atoms with Crippen molar-refractivity contribution in [2.24, 2.45) is 0 Å². The summed E-state index contributed by atoms with van der Waals surface area (Å²) in [5.41, 5.74) is 1.95. The fraction of sp³-hybridized carbons (Fsp3) is 0.538. The molecule has 1 aromatic carbocycles. The minimum Gasteiger partial charge on any atom is -0.491 e. The van der Waals surface area contributed by atoms with Crippen molar-refractivity contribution in [1.29, 1.82) is 0 Å². The monoisotopic (exact) mass is 224 g/mol. The van der Waals surface area contributed by atoms with E-state index in [9.17, 15) is 5.11 Å². The van der Waals surface area contributed by atoms with Crippen LogP contribution >= 0.6 is 0 Å². The van der Waals surface area contributed by atoms with Gasteiger partial charge in [-0.15, -0.1) is 0 Å². The Morgan fingerprint density at radius 1 is 1.19 bits per heavy atom. The van der Waals surface area contributed by atoms with Gasteiger partial charge in [-0.3, -0.25) is 0 Å². The van der Waals surface area contributed by atoms with Crippen LogP contribution in [0.2, 0.25) is 0 Å². The van der Waals surface area contributed by atoms with E-state index in [0.29, 0.717) is 13.2 Å². The second-order valence-corrected chi connectivity index (χ2v) is 3.73. The van der Waals surface area contributed by atoms with Crippen molar-refractivity contribution in [3.8, 4) is 5.75 Å². The van der Waals surface area contributed by atoms with E-state index in [1.54, 1.807) is 0 Å². The molecule has 0 atom stereocenters. The van der Waals surface area contributed by atoms with E-state index in [1.807, 2.05) is 25.1 Å². The minimum atomic E-state index is 0.00678. The Morgan fingerprint density at radius 2 is 2.00 bits per heavy atom. The van der Waals surface area contributed by atoms with E-state index in [4.69, 9.17) is 9.47 Å².